The molecule has 0 aromatic rings. The molecular formula is C16H18. The Morgan fingerprint density at radius 1 is 0.750 bits per heavy atom. The first kappa shape index (κ1) is 10.9. The number of hydrogen-bond acceptors (Lipinski definition) is 0. The molecule has 0 spiro atoms. The van der Waals surface area contributed by atoms with E-state index in [0.29, 0.717) is 0 Å². The van der Waals surface area contributed by atoms with Gasteiger partial charge in [-0.25, -0.2) is 0 Å². The second-order valence-corrected chi connectivity index (χ2v) is 4.59. The molecule has 2 aliphatic carbocycles. The maximum Gasteiger partial charge on any atom is -0.0123 e. The molecule has 0 aliphatic heterocycles. The highest BCUT2D eigenvalue weighted by atomic mass is 14.2. The van der Waals surface area contributed by atoms with E-state index in [4.69, 9.17) is 0 Å². The zero-order valence-electron chi connectivity index (χ0n) is 10.5. The average molecular weight is 210 g/mol. The second kappa shape index (κ2) is 4.13. The van der Waals surface area contributed by atoms with E-state index in [9.17, 15) is 0 Å². The van der Waals surface area contributed by atoms with Gasteiger partial charge >= 0.3 is 0 Å². The van der Waals surface area contributed by atoms with E-state index in [1.807, 2.05) is 0 Å². The van der Waals surface area contributed by atoms with Gasteiger partial charge in [0, 0.05) is 0 Å². The van der Waals surface area contributed by atoms with E-state index < -0.39 is 0 Å². The minimum Gasteiger partial charge on any atom is -0.0620 e. The van der Waals surface area contributed by atoms with Gasteiger partial charge in [-0.15, -0.1) is 0 Å². The predicted octanol–water partition coefficient (Wildman–Crippen LogP) is 4.65. The summed E-state index contributed by atoms with van der Waals surface area (Å²) in [5, 5.41) is 0. The van der Waals surface area contributed by atoms with Crippen molar-refractivity contribution >= 4 is 0 Å². The highest BCUT2D eigenvalue weighted by molar-refractivity contribution is 5.64. The summed E-state index contributed by atoms with van der Waals surface area (Å²) in [4.78, 5) is 0. The molecule has 0 saturated heterocycles. The fraction of sp³-hybridized carbons (Fsp3) is 0.250. The van der Waals surface area contributed by atoms with Gasteiger partial charge in [-0.05, 0) is 55.6 Å². The summed E-state index contributed by atoms with van der Waals surface area (Å²) in [6, 6.07) is 0. The third kappa shape index (κ3) is 1.88. The molecule has 0 amide bonds. The van der Waals surface area contributed by atoms with Crippen LogP contribution in [0.4, 0.5) is 0 Å². The van der Waals surface area contributed by atoms with Crippen LogP contribution in [0.1, 0.15) is 27.7 Å². The van der Waals surface area contributed by atoms with Gasteiger partial charge in [-0.2, -0.15) is 0 Å². The van der Waals surface area contributed by atoms with Crippen molar-refractivity contribution in [3.05, 3.63) is 69.9 Å². The van der Waals surface area contributed by atoms with Crippen LogP contribution in [0, 0.1) is 0 Å². The summed E-state index contributed by atoms with van der Waals surface area (Å²) in [6.07, 6.45) is 13.2. The fourth-order valence-electron chi connectivity index (χ4n) is 2.46. The van der Waals surface area contributed by atoms with E-state index >= 15 is 0 Å². The van der Waals surface area contributed by atoms with E-state index in [0.717, 1.165) is 0 Å². The molecule has 0 unspecified atom stereocenters. The molecule has 0 nitrogen and oxygen atoms in total. The minimum atomic E-state index is 1.33. The predicted molar refractivity (Wildman–Crippen MR) is 71.2 cm³/mol. The Labute approximate surface area is 98.1 Å². The van der Waals surface area contributed by atoms with Gasteiger partial charge in [-0.1, -0.05) is 42.0 Å². The lowest BCUT2D eigenvalue weighted by Gasteiger charge is -2.13. The molecule has 0 radical (unpaired) electrons. The maximum atomic E-state index is 2.27. The van der Waals surface area contributed by atoms with Crippen LogP contribution >= 0.6 is 0 Å². The highest BCUT2D eigenvalue weighted by Gasteiger charge is 2.14. The fourth-order valence-corrected chi connectivity index (χ4v) is 2.46. The Balaban J connectivity index is 2.72. The molecule has 2 rings (SSSR count). The van der Waals surface area contributed by atoms with E-state index in [1.54, 1.807) is 0 Å². The summed E-state index contributed by atoms with van der Waals surface area (Å²) in [7, 11) is 0. The van der Waals surface area contributed by atoms with E-state index in [2.05, 4.69) is 64.2 Å². The lowest BCUT2D eigenvalue weighted by molar-refractivity contribution is 1.27. The van der Waals surface area contributed by atoms with Crippen molar-refractivity contribution in [2.24, 2.45) is 0 Å². The normalized spacial score (nSPS) is 20.2. The van der Waals surface area contributed by atoms with Crippen LogP contribution in [0.5, 0.6) is 0 Å². The molecule has 2 aliphatic rings. The molecular weight excluding hydrogens is 192 g/mol. The minimum absolute atomic E-state index is 1.33. The molecule has 0 aromatic carbocycles. The third-order valence-corrected chi connectivity index (χ3v) is 3.09. The molecule has 16 heavy (non-hydrogen) atoms. The number of hydrogen-bond donors (Lipinski definition) is 0. The van der Waals surface area contributed by atoms with Crippen molar-refractivity contribution in [2.75, 3.05) is 0 Å². The first-order valence-corrected chi connectivity index (χ1v) is 5.73. The van der Waals surface area contributed by atoms with Gasteiger partial charge < -0.3 is 0 Å². The zero-order chi connectivity index (χ0) is 11.7. The monoisotopic (exact) mass is 210 g/mol. The average Bonchev–Trinajstić information content (AvgIpc) is 2.43. The van der Waals surface area contributed by atoms with Crippen LogP contribution in [0.3, 0.4) is 0 Å². The van der Waals surface area contributed by atoms with Crippen molar-refractivity contribution in [1.82, 2.24) is 0 Å². The molecule has 82 valence electrons. The second-order valence-electron chi connectivity index (χ2n) is 4.59. The van der Waals surface area contributed by atoms with Crippen molar-refractivity contribution in [3.8, 4) is 0 Å². The molecule has 0 aromatic heterocycles. The standard InChI is InChI=1S/C16H18/c1-11-9-13(3)15-8-6-5-7-12(2)16(15)14(4)10-11/h5-10H,1-4H3. The highest BCUT2D eigenvalue weighted by Crippen LogP contribution is 2.33. The summed E-state index contributed by atoms with van der Waals surface area (Å²) in [5.41, 5.74) is 8.11. The molecule has 0 bridgehead atoms. The Bertz CT molecular complexity index is 500. The Kier molecular flexibility index (Phi) is 2.82. The van der Waals surface area contributed by atoms with Crippen LogP contribution in [-0.2, 0) is 0 Å². The number of rotatable bonds is 0. The van der Waals surface area contributed by atoms with Crippen molar-refractivity contribution in [3.63, 3.8) is 0 Å². The molecule has 0 saturated carbocycles. The first-order valence-electron chi connectivity index (χ1n) is 5.73. The molecule has 0 heteroatoms. The van der Waals surface area contributed by atoms with Gasteiger partial charge in [0.15, 0.2) is 0 Å². The number of allylic oxidation sites excluding steroid dienone is 12. The molecule has 0 N–H and O–H groups in total. The third-order valence-electron chi connectivity index (χ3n) is 3.09. The molecule has 0 heterocycles. The SMILES string of the molecule is CC1=CC(C)=C2C(C)=CC=CC=C2C(C)=C1. The first-order chi connectivity index (χ1) is 7.59. The van der Waals surface area contributed by atoms with Crippen LogP contribution in [0.25, 0.3) is 0 Å². The largest absolute Gasteiger partial charge is 0.0620 e. The summed E-state index contributed by atoms with van der Waals surface area (Å²) in [6.45, 7) is 8.73. The van der Waals surface area contributed by atoms with Crippen LogP contribution in [-0.4, -0.2) is 0 Å². The molecule has 0 atom stereocenters. The van der Waals surface area contributed by atoms with Gasteiger partial charge in [0.2, 0.25) is 0 Å². The van der Waals surface area contributed by atoms with Gasteiger partial charge in [0.25, 0.3) is 0 Å². The maximum absolute atomic E-state index is 2.27. The van der Waals surface area contributed by atoms with E-state index in [1.165, 1.54) is 33.4 Å². The Hall–Kier alpha value is -1.56. The topological polar surface area (TPSA) is 0 Å². The zero-order valence-corrected chi connectivity index (χ0v) is 10.5. The smallest absolute Gasteiger partial charge is 0.0123 e. The lowest BCUT2D eigenvalue weighted by atomic mass is 9.91. The summed E-state index contributed by atoms with van der Waals surface area (Å²) in [5.74, 6) is 0. The van der Waals surface area contributed by atoms with Crippen LogP contribution < -0.4 is 0 Å². The van der Waals surface area contributed by atoms with Crippen molar-refractivity contribution in [2.45, 2.75) is 27.7 Å². The lowest BCUT2D eigenvalue weighted by Crippen LogP contribution is -1.94. The van der Waals surface area contributed by atoms with Crippen LogP contribution in [0.2, 0.25) is 0 Å². The Morgan fingerprint density at radius 3 is 2.19 bits per heavy atom. The summed E-state index contributed by atoms with van der Waals surface area (Å²) >= 11 is 0. The van der Waals surface area contributed by atoms with Gasteiger partial charge in [0.05, 0.1) is 0 Å². The van der Waals surface area contributed by atoms with Crippen molar-refractivity contribution < 1.29 is 0 Å². The summed E-state index contributed by atoms with van der Waals surface area (Å²) < 4.78 is 0. The Morgan fingerprint density at radius 2 is 1.44 bits per heavy atom. The van der Waals surface area contributed by atoms with Gasteiger partial charge in [0.1, 0.15) is 0 Å². The van der Waals surface area contributed by atoms with Crippen molar-refractivity contribution in [1.29, 1.82) is 0 Å². The van der Waals surface area contributed by atoms with Crippen LogP contribution in [0.15, 0.2) is 69.9 Å². The van der Waals surface area contributed by atoms with E-state index in [-0.39, 0.29) is 0 Å². The molecule has 0 fully saturated rings. The quantitative estimate of drug-likeness (QED) is 0.546. The van der Waals surface area contributed by atoms with Gasteiger partial charge in [-0.3, -0.25) is 0 Å². The number of fused-ring (bicyclic) bond motifs is 1.